The number of carboxylic acid groups (broad SMARTS) is 1. The van der Waals surface area contributed by atoms with Gasteiger partial charge in [-0.25, -0.2) is 4.79 Å². The van der Waals surface area contributed by atoms with E-state index in [-0.39, 0.29) is 5.91 Å². The number of hydrogen-bond acceptors (Lipinski definition) is 4. The van der Waals surface area contributed by atoms with Crippen LogP contribution in [0, 0.1) is 0 Å². The summed E-state index contributed by atoms with van der Waals surface area (Å²) in [6.07, 6.45) is 0.763. The number of H-pyrrole nitrogens is 1. The van der Waals surface area contributed by atoms with Crippen LogP contribution < -0.4 is 10.1 Å². The number of amides is 1. The molecule has 0 aliphatic heterocycles. The van der Waals surface area contributed by atoms with E-state index in [2.05, 4.69) is 15.5 Å². The highest BCUT2D eigenvalue weighted by Crippen LogP contribution is 2.31. The number of aromatic nitrogens is 2. The molecule has 0 aliphatic rings. The number of rotatable bonds is 6. The van der Waals surface area contributed by atoms with Crippen LogP contribution in [-0.4, -0.2) is 33.8 Å². The van der Waals surface area contributed by atoms with Gasteiger partial charge in [-0.15, -0.1) is 0 Å². The average Bonchev–Trinajstić information content (AvgIpc) is 3.10. The van der Waals surface area contributed by atoms with Crippen molar-refractivity contribution in [1.29, 1.82) is 0 Å². The van der Waals surface area contributed by atoms with Crippen molar-refractivity contribution in [3.8, 4) is 5.75 Å². The smallest absolute Gasteiger partial charge is 0.341 e. The molecule has 3 rings (SSSR count). The van der Waals surface area contributed by atoms with Crippen molar-refractivity contribution >= 4 is 28.3 Å². The Balaban J connectivity index is 1.90. The zero-order valence-electron chi connectivity index (χ0n) is 13.6. The molecule has 0 aliphatic carbocycles. The number of anilines is 1. The SMILES string of the molecule is CCc1cc(C(=O)Nc2ccc(OCC(=O)O)c3ccccc23)n[nH]1. The number of carboxylic acids is 1. The second-order valence-electron chi connectivity index (χ2n) is 5.43. The van der Waals surface area contributed by atoms with E-state index in [1.165, 1.54) is 0 Å². The van der Waals surface area contributed by atoms with E-state index < -0.39 is 12.6 Å². The fraction of sp³-hybridized carbons (Fsp3) is 0.167. The number of benzene rings is 2. The molecule has 0 fully saturated rings. The van der Waals surface area contributed by atoms with E-state index in [0.717, 1.165) is 22.9 Å². The Morgan fingerprint density at radius 3 is 2.64 bits per heavy atom. The summed E-state index contributed by atoms with van der Waals surface area (Å²) >= 11 is 0. The number of fused-ring (bicyclic) bond motifs is 1. The summed E-state index contributed by atoms with van der Waals surface area (Å²) in [5, 5.41) is 19.9. The molecule has 7 heteroatoms. The number of nitrogens with one attached hydrogen (secondary N) is 2. The fourth-order valence-electron chi connectivity index (χ4n) is 2.49. The molecular weight excluding hydrogens is 322 g/mol. The van der Waals surface area contributed by atoms with Crippen LogP contribution in [0.2, 0.25) is 0 Å². The third-order valence-corrected chi connectivity index (χ3v) is 3.73. The minimum Gasteiger partial charge on any atom is -0.481 e. The quantitative estimate of drug-likeness (QED) is 0.640. The Morgan fingerprint density at radius 2 is 1.96 bits per heavy atom. The van der Waals surface area contributed by atoms with Gasteiger partial charge in [0.15, 0.2) is 12.3 Å². The van der Waals surface area contributed by atoms with Gasteiger partial charge in [0.05, 0.1) is 0 Å². The monoisotopic (exact) mass is 339 g/mol. The third-order valence-electron chi connectivity index (χ3n) is 3.73. The molecule has 7 nitrogen and oxygen atoms in total. The maximum atomic E-state index is 12.4. The van der Waals surface area contributed by atoms with Crippen molar-refractivity contribution < 1.29 is 19.4 Å². The minimum absolute atomic E-state index is 0.312. The molecule has 3 aromatic rings. The second kappa shape index (κ2) is 7.04. The van der Waals surface area contributed by atoms with Gasteiger partial charge in [0, 0.05) is 22.2 Å². The summed E-state index contributed by atoms with van der Waals surface area (Å²) < 4.78 is 5.31. The predicted molar refractivity (Wildman–Crippen MR) is 93.0 cm³/mol. The molecular formula is C18H17N3O4. The number of aromatic amines is 1. The first kappa shape index (κ1) is 16.5. The summed E-state index contributed by atoms with van der Waals surface area (Å²) in [6.45, 7) is 1.54. The van der Waals surface area contributed by atoms with Crippen LogP contribution in [0.15, 0.2) is 42.5 Å². The number of carbonyl (C=O) groups is 2. The lowest BCUT2D eigenvalue weighted by Gasteiger charge is -2.12. The minimum atomic E-state index is -1.05. The van der Waals surface area contributed by atoms with E-state index in [1.807, 2.05) is 31.2 Å². The second-order valence-corrected chi connectivity index (χ2v) is 5.43. The Hall–Kier alpha value is -3.35. The van der Waals surface area contributed by atoms with Gasteiger partial charge < -0.3 is 15.2 Å². The molecule has 0 saturated heterocycles. The van der Waals surface area contributed by atoms with Gasteiger partial charge >= 0.3 is 5.97 Å². The molecule has 0 spiro atoms. The number of nitrogens with zero attached hydrogens (tertiary/aromatic N) is 1. The summed E-state index contributed by atoms with van der Waals surface area (Å²) in [5.74, 6) is -0.920. The molecule has 1 heterocycles. The summed E-state index contributed by atoms with van der Waals surface area (Å²) in [4.78, 5) is 23.1. The van der Waals surface area contributed by atoms with Crippen LogP contribution >= 0.6 is 0 Å². The average molecular weight is 339 g/mol. The van der Waals surface area contributed by atoms with Gasteiger partial charge in [0.1, 0.15) is 5.75 Å². The maximum Gasteiger partial charge on any atom is 0.341 e. The van der Waals surface area contributed by atoms with Crippen molar-refractivity contribution in [1.82, 2.24) is 10.2 Å². The van der Waals surface area contributed by atoms with Crippen LogP contribution in [0.4, 0.5) is 5.69 Å². The van der Waals surface area contributed by atoms with E-state index in [1.54, 1.807) is 18.2 Å². The Bertz CT molecular complexity index is 933. The lowest BCUT2D eigenvalue weighted by atomic mass is 10.1. The van der Waals surface area contributed by atoms with Crippen LogP contribution in [0.3, 0.4) is 0 Å². The first-order valence-corrected chi connectivity index (χ1v) is 7.80. The molecule has 0 saturated carbocycles. The van der Waals surface area contributed by atoms with Crippen LogP contribution in [-0.2, 0) is 11.2 Å². The molecule has 25 heavy (non-hydrogen) atoms. The highest BCUT2D eigenvalue weighted by Gasteiger charge is 2.14. The zero-order chi connectivity index (χ0) is 17.8. The summed E-state index contributed by atoms with van der Waals surface area (Å²) in [7, 11) is 0. The molecule has 1 aromatic heterocycles. The largest absolute Gasteiger partial charge is 0.481 e. The number of aryl methyl sites for hydroxylation is 1. The molecule has 0 bridgehead atoms. The predicted octanol–water partition coefficient (Wildman–Crippen LogP) is 2.84. The molecule has 0 unspecified atom stereocenters. The summed E-state index contributed by atoms with van der Waals surface area (Å²) in [5.41, 5.74) is 1.80. The van der Waals surface area contributed by atoms with Crippen molar-refractivity contribution in [2.75, 3.05) is 11.9 Å². The van der Waals surface area contributed by atoms with E-state index in [9.17, 15) is 9.59 Å². The van der Waals surface area contributed by atoms with E-state index >= 15 is 0 Å². The molecule has 3 N–H and O–H groups in total. The molecule has 0 radical (unpaired) electrons. The molecule has 128 valence electrons. The van der Waals surface area contributed by atoms with Crippen molar-refractivity contribution in [3.05, 3.63) is 53.9 Å². The first-order chi connectivity index (χ1) is 12.1. The van der Waals surface area contributed by atoms with Crippen LogP contribution in [0.25, 0.3) is 10.8 Å². The fourth-order valence-corrected chi connectivity index (χ4v) is 2.49. The normalized spacial score (nSPS) is 10.6. The first-order valence-electron chi connectivity index (χ1n) is 7.80. The van der Waals surface area contributed by atoms with Crippen LogP contribution in [0.5, 0.6) is 5.75 Å². The van der Waals surface area contributed by atoms with Gasteiger partial charge in [0.2, 0.25) is 0 Å². The molecule has 1 amide bonds. The van der Waals surface area contributed by atoms with E-state index in [0.29, 0.717) is 17.1 Å². The number of ether oxygens (including phenoxy) is 1. The van der Waals surface area contributed by atoms with Crippen LogP contribution in [0.1, 0.15) is 23.1 Å². The van der Waals surface area contributed by atoms with Gasteiger partial charge in [-0.05, 0) is 24.6 Å². The van der Waals surface area contributed by atoms with Crippen molar-refractivity contribution in [2.24, 2.45) is 0 Å². The van der Waals surface area contributed by atoms with Crippen molar-refractivity contribution in [3.63, 3.8) is 0 Å². The Kier molecular flexibility index (Phi) is 4.65. The van der Waals surface area contributed by atoms with Gasteiger partial charge in [-0.3, -0.25) is 9.89 Å². The summed E-state index contributed by atoms with van der Waals surface area (Å²) in [6, 6.07) is 12.3. The lowest BCUT2D eigenvalue weighted by Crippen LogP contribution is -2.13. The topological polar surface area (TPSA) is 104 Å². The Morgan fingerprint density at radius 1 is 1.20 bits per heavy atom. The lowest BCUT2D eigenvalue weighted by molar-refractivity contribution is -0.139. The van der Waals surface area contributed by atoms with Gasteiger partial charge in [-0.1, -0.05) is 31.2 Å². The zero-order valence-corrected chi connectivity index (χ0v) is 13.6. The highest BCUT2D eigenvalue weighted by molar-refractivity contribution is 6.09. The number of hydrogen-bond donors (Lipinski definition) is 3. The maximum absolute atomic E-state index is 12.4. The number of aliphatic carboxylic acids is 1. The van der Waals surface area contributed by atoms with Gasteiger partial charge in [-0.2, -0.15) is 5.10 Å². The Labute approximate surface area is 143 Å². The molecule has 0 atom stereocenters. The van der Waals surface area contributed by atoms with E-state index in [4.69, 9.17) is 9.84 Å². The van der Waals surface area contributed by atoms with Gasteiger partial charge in [0.25, 0.3) is 5.91 Å². The van der Waals surface area contributed by atoms with Crippen molar-refractivity contribution in [2.45, 2.75) is 13.3 Å². The standard InChI is InChI=1S/C18H17N3O4/c1-2-11-9-15(21-20-11)18(24)19-14-7-8-16(25-10-17(22)23)13-6-4-3-5-12(13)14/h3-9H,2,10H2,1H3,(H,19,24)(H,20,21)(H,22,23). The molecule has 2 aromatic carbocycles. The number of carbonyl (C=O) groups excluding carboxylic acids is 1. The third kappa shape index (κ3) is 3.60. The highest BCUT2D eigenvalue weighted by atomic mass is 16.5.